The first-order chi connectivity index (χ1) is 12.0. The average Bonchev–Trinajstić information content (AvgIpc) is 2.63. The van der Waals surface area contributed by atoms with Gasteiger partial charge in [-0.3, -0.25) is 4.79 Å². The smallest absolute Gasteiger partial charge is 0.254 e. The molecular weight excluding hydrogens is 336 g/mol. The van der Waals surface area contributed by atoms with Crippen molar-refractivity contribution in [2.24, 2.45) is 5.73 Å². The summed E-state index contributed by atoms with van der Waals surface area (Å²) in [6.45, 7) is 1.22. The van der Waals surface area contributed by atoms with Crippen LogP contribution in [-0.2, 0) is 15.6 Å². The quantitative estimate of drug-likeness (QED) is 0.909. The van der Waals surface area contributed by atoms with E-state index in [-0.39, 0.29) is 22.6 Å². The van der Waals surface area contributed by atoms with Crippen molar-refractivity contribution in [1.29, 1.82) is 0 Å². The highest BCUT2D eigenvalue weighted by Crippen LogP contribution is 2.21. The van der Waals surface area contributed by atoms with Gasteiger partial charge in [-0.2, -0.15) is 0 Å². The zero-order valence-electron chi connectivity index (χ0n) is 14.0. The van der Waals surface area contributed by atoms with Gasteiger partial charge in [-0.15, -0.1) is 0 Å². The molecule has 0 spiro atoms. The van der Waals surface area contributed by atoms with Gasteiger partial charge in [0.2, 0.25) is 0 Å². The Kier molecular flexibility index (Phi) is 5.20. The number of likely N-dealkylation sites (tertiary alicyclic amines) is 1. The first-order valence-electron chi connectivity index (χ1n) is 8.38. The number of nitrogens with two attached hydrogens (primary N) is 1. The Balaban J connectivity index is 1.85. The maximum Gasteiger partial charge on any atom is 0.254 e. The SMILES string of the molecule is NC1CCN(C(=O)c2ccccc2CS(=O)(=O)c2ccccc2)CC1. The maximum absolute atomic E-state index is 12.8. The van der Waals surface area contributed by atoms with Gasteiger partial charge in [0.25, 0.3) is 5.91 Å². The van der Waals surface area contributed by atoms with Crippen molar-refractivity contribution in [1.82, 2.24) is 4.90 Å². The van der Waals surface area contributed by atoms with Crippen LogP contribution >= 0.6 is 0 Å². The van der Waals surface area contributed by atoms with E-state index in [1.54, 1.807) is 59.5 Å². The lowest BCUT2D eigenvalue weighted by Gasteiger charge is -2.30. The summed E-state index contributed by atoms with van der Waals surface area (Å²) >= 11 is 0. The molecule has 2 aromatic rings. The maximum atomic E-state index is 12.8. The highest BCUT2D eigenvalue weighted by Gasteiger charge is 2.25. The van der Waals surface area contributed by atoms with Crippen LogP contribution in [0.2, 0.25) is 0 Å². The molecular formula is C19H22N2O3S. The van der Waals surface area contributed by atoms with E-state index in [9.17, 15) is 13.2 Å². The Morgan fingerprint density at radius 1 is 1.00 bits per heavy atom. The molecule has 0 aromatic heterocycles. The first kappa shape index (κ1) is 17.6. The molecule has 3 rings (SSSR count). The molecule has 2 N–H and O–H groups in total. The Morgan fingerprint density at radius 3 is 2.28 bits per heavy atom. The van der Waals surface area contributed by atoms with E-state index >= 15 is 0 Å². The predicted octanol–water partition coefficient (Wildman–Crippen LogP) is 2.22. The van der Waals surface area contributed by atoms with Gasteiger partial charge in [-0.1, -0.05) is 36.4 Å². The fourth-order valence-electron chi connectivity index (χ4n) is 3.04. The fraction of sp³-hybridized carbons (Fsp3) is 0.316. The van der Waals surface area contributed by atoms with Crippen LogP contribution < -0.4 is 5.73 Å². The Morgan fingerprint density at radius 2 is 1.60 bits per heavy atom. The van der Waals surface area contributed by atoms with Crippen LogP contribution in [0.4, 0.5) is 0 Å². The van der Waals surface area contributed by atoms with Crippen LogP contribution in [0.1, 0.15) is 28.8 Å². The van der Waals surface area contributed by atoms with Crippen molar-refractivity contribution in [3.8, 4) is 0 Å². The van der Waals surface area contributed by atoms with Crippen molar-refractivity contribution in [3.05, 3.63) is 65.7 Å². The molecule has 0 aliphatic carbocycles. The molecule has 1 aliphatic heterocycles. The summed E-state index contributed by atoms with van der Waals surface area (Å²) < 4.78 is 25.3. The van der Waals surface area contributed by atoms with Gasteiger partial charge in [-0.25, -0.2) is 8.42 Å². The summed E-state index contributed by atoms with van der Waals surface area (Å²) in [7, 11) is -3.50. The van der Waals surface area contributed by atoms with Gasteiger partial charge in [0.15, 0.2) is 9.84 Å². The molecule has 6 heteroatoms. The number of nitrogens with zero attached hydrogens (tertiary/aromatic N) is 1. The number of benzene rings is 2. The zero-order valence-corrected chi connectivity index (χ0v) is 14.8. The monoisotopic (exact) mass is 358 g/mol. The van der Waals surface area contributed by atoms with E-state index in [0.717, 1.165) is 12.8 Å². The molecule has 0 radical (unpaired) electrons. The molecule has 0 saturated carbocycles. The first-order valence-corrected chi connectivity index (χ1v) is 10.0. The summed E-state index contributed by atoms with van der Waals surface area (Å²) in [5.74, 6) is -0.308. The van der Waals surface area contributed by atoms with Gasteiger partial charge in [0.1, 0.15) is 0 Å². The highest BCUT2D eigenvalue weighted by molar-refractivity contribution is 7.90. The lowest BCUT2D eigenvalue weighted by atomic mass is 10.0. The number of piperidine rings is 1. The summed E-state index contributed by atoms with van der Waals surface area (Å²) in [5.41, 5.74) is 6.89. The lowest BCUT2D eigenvalue weighted by molar-refractivity contribution is 0.0714. The number of rotatable bonds is 4. The minimum absolute atomic E-state index is 0.120. The van der Waals surface area contributed by atoms with E-state index in [2.05, 4.69) is 0 Å². The van der Waals surface area contributed by atoms with Gasteiger partial charge in [0.05, 0.1) is 10.6 Å². The number of sulfone groups is 1. The summed E-state index contributed by atoms with van der Waals surface area (Å²) in [6, 6.07) is 15.4. The van der Waals surface area contributed by atoms with Gasteiger partial charge < -0.3 is 10.6 Å². The van der Waals surface area contributed by atoms with Crippen molar-refractivity contribution in [2.75, 3.05) is 13.1 Å². The molecule has 0 atom stereocenters. The zero-order chi connectivity index (χ0) is 17.9. The topological polar surface area (TPSA) is 80.5 Å². The molecule has 0 bridgehead atoms. The number of hydrogen-bond donors (Lipinski definition) is 1. The second kappa shape index (κ2) is 7.37. The lowest BCUT2D eigenvalue weighted by Crippen LogP contribution is -2.43. The third-order valence-electron chi connectivity index (χ3n) is 4.52. The summed E-state index contributed by atoms with van der Waals surface area (Å²) in [4.78, 5) is 14.9. The summed E-state index contributed by atoms with van der Waals surface area (Å²) in [6.07, 6.45) is 1.55. The summed E-state index contributed by atoms with van der Waals surface area (Å²) in [5, 5.41) is 0. The van der Waals surface area contributed by atoms with Crippen molar-refractivity contribution in [2.45, 2.75) is 29.5 Å². The van der Waals surface area contributed by atoms with Crippen LogP contribution in [0.15, 0.2) is 59.5 Å². The number of carbonyl (C=O) groups excluding carboxylic acids is 1. The van der Waals surface area contributed by atoms with E-state index in [4.69, 9.17) is 5.73 Å². The van der Waals surface area contributed by atoms with Crippen molar-refractivity contribution < 1.29 is 13.2 Å². The van der Waals surface area contributed by atoms with E-state index in [1.807, 2.05) is 0 Å². The standard InChI is InChI=1S/C19H22N2O3S/c20-16-10-12-21(13-11-16)19(22)18-9-5-4-6-15(18)14-25(23,24)17-7-2-1-3-8-17/h1-9,16H,10-14,20H2. The normalized spacial score (nSPS) is 16.0. The second-order valence-corrected chi connectivity index (χ2v) is 8.35. The van der Waals surface area contributed by atoms with Crippen LogP contribution in [0, 0.1) is 0 Å². The third-order valence-corrected chi connectivity index (χ3v) is 6.20. The minimum Gasteiger partial charge on any atom is -0.339 e. The van der Waals surface area contributed by atoms with E-state index in [0.29, 0.717) is 24.2 Å². The predicted molar refractivity (Wildman–Crippen MR) is 96.9 cm³/mol. The Bertz CT molecular complexity index is 842. The second-order valence-electron chi connectivity index (χ2n) is 6.36. The molecule has 1 saturated heterocycles. The largest absolute Gasteiger partial charge is 0.339 e. The number of carbonyl (C=O) groups is 1. The third kappa shape index (κ3) is 4.08. The minimum atomic E-state index is -3.50. The molecule has 1 fully saturated rings. The molecule has 5 nitrogen and oxygen atoms in total. The van der Waals surface area contributed by atoms with Crippen molar-refractivity contribution in [3.63, 3.8) is 0 Å². The molecule has 0 unspecified atom stereocenters. The van der Waals surface area contributed by atoms with Crippen LogP contribution in [0.5, 0.6) is 0 Å². The van der Waals surface area contributed by atoms with E-state index < -0.39 is 9.84 Å². The van der Waals surface area contributed by atoms with Gasteiger partial charge in [0, 0.05) is 24.7 Å². The molecule has 1 heterocycles. The number of hydrogen-bond acceptors (Lipinski definition) is 4. The van der Waals surface area contributed by atoms with Gasteiger partial charge in [-0.05, 0) is 36.6 Å². The molecule has 25 heavy (non-hydrogen) atoms. The van der Waals surface area contributed by atoms with Crippen molar-refractivity contribution >= 4 is 15.7 Å². The Hall–Kier alpha value is -2.18. The van der Waals surface area contributed by atoms with E-state index in [1.165, 1.54) is 0 Å². The Labute approximate surface area is 148 Å². The molecule has 2 aromatic carbocycles. The number of amides is 1. The van der Waals surface area contributed by atoms with Crippen LogP contribution in [0.3, 0.4) is 0 Å². The van der Waals surface area contributed by atoms with Crippen LogP contribution in [-0.4, -0.2) is 38.4 Å². The fourth-order valence-corrected chi connectivity index (χ4v) is 4.44. The van der Waals surface area contributed by atoms with Gasteiger partial charge >= 0.3 is 0 Å². The average molecular weight is 358 g/mol. The van der Waals surface area contributed by atoms with Crippen LogP contribution in [0.25, 0.3) is 0 Å². The molecule has 1 aliphatic rings. The molecule has 1 amide bonds. The highest BCUT2D eigenvalue weighted by atomic mass is 32.2. The molecule has 132 valence electrons.